The van der Waals surface area contributed by atoms with Crippen LogP contribution in [0.15, 0.2) is 30.5 Å². The van der Waals surface area contributed by atoms with Crippen LogP contribution in [0, 0.1) is 0 Å². The lowest BCUT2D eigenvalue weighted by Crippen LogP contribution is -2.47. The van der Waals surface area contributed by atoms with Gasteiger partial charge >= 0.3 is 6.03 Å². The first kappa shape index (κ1) is 13.0. The van der Waals surface area contributed by atoms with E-state index in [1.54, 1.807) is 25.4 Å². The molecule has 1 aromatic heterocycles. The maximum Gasteiger partial charge on any atom is 0.322 e. The van der Waals surface area contributed by atoms with E-state index in [2.05, 4.69) is 22.5 Å². The number of methoxy groups -OCH3 is 1. The molecule has 20 heavy (non-hydrogen) atoms. The van der Waals surface area contributed by atoms with E-state index < -0.39 is 0 Å². The molecule has 0 unspecified atom stereocenters. The van der Waals surface area contributed by atoms with Crippen molar-refractivity contribution in [2.45, 2.75) is 31.2 Å². The molecule has 0 saturated heterocycles. The molecule has 1 aliphatic carbocycles. The van der Waals surface area contributed by atoms with Gasteiger partial charge in [-0.25, -0.2) is 9.78 Å². The molecule has 1 aliphatic heterocycles. The van der Waals surface area contributed by atoms with E-state index in [4.69, 9.17) is 4.74 Å². The zero-order chi connectivity index (χ0) is 14.0. The summed E-state index contributed by atoms with van der Waals surface area (Å²) in [4.78, 5) is 18.5. The Hall–Kier alpha value is -2.04. The van der Waals surface area contributed by atoms with Crippen molar-refractivity contribution in [2.24, 2.45) is 0 Å². The Morgan fingerprint density at radius 1 is 1.45 bits per heavy atom. The van der Waals surface area contributed by atoms with Crippen molar-refractivity contribution in [2.75, 3.05) is 19.0 Å². The Balaban J connectivity index is 1.73. The van der Waals surface area contributed by atoms with E-state index in [0.717, 1.165) is 12.8 Å². The van der Waals surface area contributed by atoms with E-state index >= 15 is 0 Å². The fourth-order valence-electron chi connectivity index (χ4n) is 3.15. The number of aromatic nitrogens is 1. The van der Waals surface area contributed by atoms with Crippen LogP contribution in [0.5, 0.6) is 5.88 Å². The van der Waals surface area contributed by atoms with Crippen molar-refractivity contribution in [1.29, 1.82) is 0 Å². The molecule has 0 atom stereocenters. The second-order valence-corrected chi connectivity index (χ2v) is 5.34. The van der Waals surface area contributed by atoms with Crippen molar-refractivity contribution in [3.8, 4) is 5.88 Å². The molecule has 106 valence electrons. The van der Waals surface area contributed by atoms with Crippen LogP contribution in [0.1, 0.15) is 25.7 Å². The standard InChI is InChI=1S/C15H19N3O2/c1-20-13-11-12(5-9-16-13)17-14(19)18-10-4-8-15(18)6-2-3-7-15/h4-5,8-9,11H,2-3,6-7,10H2,1H3,(H,16,17,19). The number of amides is 2. The van der Waals surface area contributed by atoms with E-state index in [1.165, 1.54) is 12.8 Å². The van der Waals surface area contributed by atoms with Gasteiger partial charge < -0.3 is 15.0 Å². The predicted octanol–water partition coefficient (Wildman–Crippen LogP) is 2.81. The summed E-state index contributed by atoms with van der Waals surface area (Å²) in [6, 6.07) is 3.44. The zero-order valence-corrected chi connectivity index (χ0v) is 11.6. The number of hydrogen-bond acceptors (Lipinski definition) is 3. The maximum atomic E-state index is 12.5. The summed E-state index contributed by atoms with van der Waals surface area (Å²) in [5.41, 5.74) is 0.656. The Morgan fingerprint density at radius 3 is 3.00 bits per heavy atom. The number of urea groups is 1. The summed E-state index contributed by atoms with van der Waals surface area (Å²) in [5, 5.41) is 2.94. The number of rotatable bonds is 2. The molecule has 2 amide bonds. The molecule has 1 aromatic rings. The minimum absolute atomic E-state index is 0.0508. The van der Waals surface area contributed by atoms with Crippen molar-refractivity contribution < 1.29 is 9.53 Å². The Morgan fingerprint density at radius 2 is 2.25 bits per heavy atom. The van der Waals surface area contributed by atoms with Crippen LogP contribution >= 0.6 is 0 Å². The SMILES string of the molecule is COc1cc(NC(=O)N2CC=CC23CCCC3)ccn1. The van der Waals surface area contributed by atoms with Crippen LogP contribution in [-0.4, -0.2) is 35.1 Å². The maximum absolute atomic E-state index is 12.5. The van der Waals surface area contributed by atoms with Gasteiger partial charge in [0.05, 0.1) is 12.6 Å². The number of nitrogens with zero attached hydrogens (tertiary/aromatic N) is 2. The van der Waals surface area contributed by atoms with Gasteiger partial charge in [-0.15, -0.1) is 0 Å². The van der Waals surface area contributed by atoms with E-state index in [0.29, 0.717) is 18.1 Å². The van der Waals surface area contributed by atoms with E-state index in [-0.39, 0.29) is 11.6 Å². The number of nitrogens with one attached hydrogen (secondary N) is 1. The van der Waals surface area contributed by atoms with Gasteiger partial charge in [-0.1, -0.05) is 25.0 Å². The first-order valence-corrected chi connectivity index (χ1v) is 7.00. The predicted molar refractivity (Wildman–Crippen MR) is 76.9 cm³/mol. The van der Waals surface area contributed by atoms with Crippen LogP contribution in [-0.2, 0) is 0 Å². The van der Waals surface area contributed by atoms with E-state index in [9.17, 15) is 4.79 Å². The molecule has 0 aromatic carbocycles. The number of hydrogen-bond donors (Lipinski definition) is 1. The van der Waals surface area contributed by atoms with Crippen LogP contribution < -0.4 is 10.1 Å². The van der Waals surface area contributed by atoms with Crippen molar-refractivity contribution >= 4 is 11.7 Å². The first-order valence-electron chi connectivity index (χ1n) is 7.00. The van der Waals surface area contributed by atoms with Gasteiger partial charge in [0, 0.05) is 24.5 Å². The van der Waals surface area contributed by atoms with Gasteiger partial charge in [-0.2, -0.15) is 0 Å². The third-order valence-corrected chi connectivity index (χ3v) is 4.16. The Kier molecular flexibility index (Phi) is 3.34. The van der Waals surface area contributed by atoms with Gasteiger partial charge in [0.1, 0.15) is 0 Å². The average molecular weight is 273 g/mol. The molecule has 1 fully saturated rings. The number of ether oxygens (including phenoxy) is 1. The highest BCUT2D eigenvalue weighted by Gasteiger charge is 2.42. The Bertz CT molecular complexity index is 536. The second kappa shape index (κ2) is 5.15. The van der Waals surface area contributed by atoms with Gasteiger partial charge in [0.2, 0.25) is 5.88 Å². The van der Waals surface area contributed by atoms with Crippen molar-refractivity contribution in [1.82, 2.24) is 9.88 Å². The van der Waals surface area contributed by atoms with Crippen LogP contribution in [0.4, 0.5) is 10.5 Å². The largest absolute Gasteiger partial charge is 0.481 e. The Labute approximate surface area is 118 Å². The fraction of sp³-hybridized carbons (Fsp3) is 0.467. The van der Waals surface area contributed by atoms with Crippen LogP contribution in [0.3, 0.4) is 0 Å². The summed E-state index contributed by atoms with van der Waals surface area (Å²) in [7, 11) is 1.56. The summed E-state index contributed by atoms with van der Waals surface area (Å²) in [6.07, 6.45) is 10.4. The molecule has 1 spiro atoms. The lowest BCUT2D eigenvalue weighted by molar-refractivity contribution is 0.175. The molecule has 5 nitrogen and oxygen atoms in total. The molecule has 1 N–H and O–H groups in total. The smallest absolute Gasteiger partial charge is 0.322 e. The topological polar surface area (TPSA) is 54.5 Å². The minimum Gasteiger partial charge on any atom is -0.481 e. The summed E-state index contributed by atoms with van der Waals surface area (Å²) < 4.78 is 5.07. The second-order valence-electron chi connectivity index (χ2n) is 5.34. The quantitative estimate of drug-likeness (QED) is 0.843. The molecule has 3 rings (SSSR count). The summed E-state index contributed by atoms with van der Waals surface area (Å²) in [6.45, 7) is 0.689. The summed E-state index contributed by atoms with van der Waals surface area (Å²) >= 11 is 0. The highest BCUT2D eigenvalue weighted by molar-refractivity contribution is 5.90. The normalized spacial score (nSPS) is 19.6. The molecule has 5 heteroatoms. The number of carbonyl (C=O) groups excluding carboxylic acids is 1. The number of anilines is 1. The highest BCUT2D eigenvalue weighted by Crippen LogP contribution is 2.39. The molecule has 0 radical (unpaired) electrons. The number of carbonyl (C=O) groups is 1. The number of pyridine rings is 1. The van der Waals surface area contributed by atoms with Crippen LogP contribution in [0.2, 0.25) is 0 Å². The van der Waals surface area contributed by atoms with Gasteiger partial charge in [-0.05, 0) is 18.9 Å². The molecule has 2 heterocycles. The monoisotopic (exact) mass is 273 g/mol. The van der Waals surface area contributed by atoms with Gasteiger partial charge in [-0.3, -0.25) is 0 Å². The lowest BCUT2D eigenvalue weighted by atomic mass is 9.98. The van der Waals surface area contributed by atoms with Gasteiger partial charge in [0.25, 0.3) is 0 Å². The van der Waals surface area contributed by atoms with Crippen molar-refractivity contribution in [3.63, 3.8) is 0 Å². The fourth-order valence-corrected chi connectivity index (χ4v) is 3.15. The van der Waals surface area contributed by atoms with Crippen LogP contribution in [0.25, 0.3) is 0 Å². The molecule has 0 bridgehead atoms. The molecular weight excluding hydrogens is 254 g/mol. The molecular formula is C15H19N3O2. The molecule has 2 aliphatic rings. The molecule has 1 saturated carbocycles. The van der Waals surface area contributed by atoms with Crippen molar-refractivity contribution in [3.05, 3.63) is 30.5 Å². The van der Waals surface area contributed by atoms with E-state index in [1.807, 2.05) is 4.90 Å². The van der Waals surface area contributed by atoms with Gasteiger partial charge in [0.15, 0.2) is 0 Å². The first-order chi connectivity index (χ1) is 9.73. The highest BCUT2D eigenvalue weighted by atomic mass is 16.5. The summed E-state index contributed by atoms with van der Waals surface area (Å²) in [5.74, 6) is 0.498. The average Bonchev–Trinajstić information content (AvgIpc) is 3.10. The third-order valence-electron chi connectivity index (χ3n) is 4.16. The third kappa shape index (κ3) is 2.24. The minimum atomic E-state index is -0.0544. The lowest BCUT2D eigenvalue weighted by Gasteiger charge is -2.34. The zero-order valence-electron chi connectivity index (χ0n) is 11.6.